The van der Waals surface area contributed by atoms with Crippen LogP contribution in [-0.2, 0) is 58.1 Å². The smallest absolute Gasteiger partial charge is 0.418 e. The first-order valence-corrected chi connectivity index (χ1v) is 33.7. The molecule has 0 saturated carbocycles. The van der Waals surface area contributed by atoms with Gasteiger partial charge in [-0.3, -0.25) is 38.8 Å². The molecule has 5 amide bonds. The largest absolute Gasteiger partial charge is 0.497 e. The Hall–Kier alpha value is -10.7. The molecule has 0 bridgehead atoms. The van der Waals surface area contributed by atoms with Crippen LogP contribution in [0.3, 0.4) is 0 Å². The lowest BCUT2D eigenvalue weighted by Crippen LogP contribution is -2.42. The van der Waals surface area contributed by atoms with Crippen LogP contribution in [0.4, 0.5) is 44.0 Å². The van der Waals surface area contributed by atoms with Gasteiger partial charge in [0.2, 0.25) is 0 Å². The van der Waals surface area contributed by atoms with Crippen LogP contribution < -0.4 is 56.0 Å². The number of nitrogen functional groups attached to an aromatic ring is 1. The Kier molecular flexibility index (Phi) is 20.5. The molecule has 0 unspecified atom stereocenters. The summed E-state index contributed by atoms with van der Waals surface area (Å²) >= 11 is 0. The van der Waals surface area contributed by atoms with Crippen molar-refractivity contribution in [1.29, 1.82) is 0 Å². The number of ether oxygens (including phenoxy) is 9. The van der Waals surface area contributed by atoms with E-state index in [0.717, 1.165) is 0 Å². The highest BCUT2D eigenvalue weighted by Gasteiger charge is 2.60. The minimum atomic E-state index is -3.96. The molecule has 4 aliphatic heterocycles. The Bertz CT molecular complexity index is 4650. The van der Waals surface area contributed by atoms with Gasteiger partial charge in [0.05, 0.1) is 36.7 Å². The van der Waals surface area contributed by atoms with Crippen molar-refractivity contribution in [3.63, 3.8) is 0 Å². The molecule has 8 heterocycles. The number of anilines is 6. The summed E-state index contributed by atoms with van der Waals surface area (Å²) in [4.78, 5) is 76.5. The normalized spacial score (nSPS) is 20.9. The molecule has 4 aliphatic rings. The number of methoxy groups -OCH3 is 2. The van der Waals surface area contributed by atoms with E-state index in [1.54, 1.807) is 135 Å². The van der Waals surface area contributed by atoms with Gasteiger partial charge in [-0.05, 0) is 139 Å². The Morgan fingerprint density at radius 1 is 0.515 bits per heavy atom. The Labute approximate surface area is 566 Å². The van der Waals surface area contributed by atoms with Crippen LogP contribution in [0.1, 0.15) is 54.0 Å². The van der Waals surface area contributed by atoms with Crippen molar-refractivity contribution in [2.24, 2.45) is 0 Å². The van der Waals surface area contributed by atoms with Gasteiger partial charge in [-0.2, -0.15) is 0 Å². The van der Waals surface area contributed by atoms with Crippen LogP contribution in [0, 0.1) is 0 Å². The molecular weight excluding hydrogens is 1330 g/mol. The fourth-order valence-corrected chi connectivity index (χ4v) is 13.2. The van der Waals surface area contributed by atoms with Crippen molar-refractivity contribution in [2.45, 2.75) is 112 Å². The molecule has 99 heavy (non-hydrogen) atoms. The van der Waals surface area contributed by atoms with Gasteiger partial charge in [0.15, 0.2) is 70.2 Å². The van der Waals surface area contributed by atoms with E-state index in [4.69, 9.17) is 48.4 Å². The highest BCUT2D eigenvalue weighted by Crippen LogP contribution is 2.46. The number of carbonyl (C=O) groups excluding carboxylic acids is 4. The number of aromatic nitrogens is 8. The monoisotopic (exact) mass is 1400 g/mol. The number of amides is 5. The number of likely N-dealkylation sites (N-methyl/N-ethyl adjacent to an activating group) is 2. The van der Waals surface area contributed by atoms with Crippen LogP contribution in [0.25, 0.3) is 22.3 Å². The molecule has 520 valence electrons. The van der Waals surface area contributed by atoms with Crippen molar-refractivity contribution < 1.29 is 78.6 Å². The molecule has 13 rings (SSSR count). The highest BCUT2D eigenvalue weighted by atomic mass is 32.2. The number of carbonyl (C=O) groups is 4. The van der Waals surface area contributed by atoms with Gasteiger partial charge < -0.3 is 64.3 Å². The lowest BCUT2D eigenvalue weighted by atomic mass is 10.1. The number of fused-ring (bicyclic) bond motifs is 4. The Morgan fingerprint density at radius 3 is 1.43 bits per heavy atom. The van der Waals surface area contributed by atoms with Crippen molar-refractivity contribution in [1.82, 2.24) is 49.7 Å². The minimum absolute atomic E-state index is 0.0635. The first-order valence-electron chi connectivity index (χ1n) is 30.7. The average Bonchev–Trinajstić information content (AvgIpc) is 1.59. The Balaban J connectivity index is 0.000000163. The van der Waals surface area contributed by atoms with Gasteiger partial charge in [0.1, 0.15) is 54.3 Å². The number of hydrogen-bond donors (Lipinski definition) is 8. The van der Waals surface area contributed by atoms with Crippen molar-refractivity contribution >= 4 is 101 Å². The second-order valence-electron chi connectivity index (χ2n) is 23.1. The van der Waals surface area contributed by atoms with E-state index in [9.17, 15) is 36.0 Å². The molecule has 8 atom stereocenters. The fourth-order valence-electron chi connectivity index (χ4n) is 11.0. The van der Waals surface area contributed by atoms with Crippen molar-refractivity contribution in [2.75, 3.05) is 58.4 Å². The first kappa shape index (κ1) is 69.7. The Morgan fingerprint density at radius 2 is 0.970 bits per heavy atom. The molecule has 0 aliphatic carbocycles. The summed E-state index contributed by atoms with van der Waals surface area (Å²) in [6.07, 6.45) is -1.03. The van der Waals surface area contributed by atoms with Crippen molar-refractivity contribution in [3.8, 4) is 17.2 Å². The molecule has 5 aromatic carbocycles. The first-order chi connectivity index (χ1) is 47.3. The maximum atomic E-state index is 13.0. The molecule has 33 nitrogen and oxygen atoms in total. The van der Waals surface area contributed by atoms with E-state index in [-0.39, 0.29) is 44.4 Å². The maximum Gasteiger partial charge on any atom is 0.418 e. The summed E-state index contributed by atoms with van der Waals surface area (Å²) in [5.74, 6) is -0.555. The number of urea groups is 1. The summed E-state index contributed by atoms with van der Waals surface area (Å²) in [6.45, 7) is 11.6. The maximum absolute atomic E-state index is 13.0. The quantitative estimate of drug-likeness (QED) is 0.0405. The minimum Gasteiger partial charge on any atom is -0.497 e. The number of rotatable bonds is 18. The standard InChI is InChI=1S/C29H32N8O8S.C22H24N6O6.C13H14N2O3S/c1-5-30-26(38)22-21-23(45-29(2,3)44-21)27(43-22)37-15-33-20-24(31-14-32-25(20)37)35-28(39)34-17-7-6-8-19(13-17)46(40,41)36-16-9-11-18(42-4)12-10-16;1-4-23-19(29)15-14-16(34-22(2,3)33-14)20(32-15)28-11-26-13-17(24-10-25-18(13)28)27-21(30)31-12-8-6-5-7-9-12;1-18-12-7-5-11(6-8-12)15-19(16,17)13-4-2-3-10(14)9-13/h6-15,21-23,27,36H,5H2,1-4H3,(H,30,38)(H2,31,32,34,35,39);5-11,14-16,20H,4H2,1-3H3,(H,23,29)(H,24,25,27,30);2-9,15H,14H2,1H3/t21-,22+,23-,27-;14-,15+,16-,20-;/m11./s1. The highest BCUT2D eigenvalue weighted by molar-refractivity contribution is 7.93. The van der Waals surface area contributed by atoms with Crippen molar-refractivity contribution in [3.05, 3.63) is 153 Å². The van der Waals surface area contributed by atoms with E-state index in [1.807, 2.05) is 19.9 Å². The van der Waals surface area contributed by atoms with E-state index >= 15 is 0 Å². The van der Waals surface area contributed by atoms with E-state index < -0.39 is 92.8 Å². The predicted molar refractivity (Wildman–Crippen MR) is 357 cm³/mol. The lowest BCUT2D eigenvalue weighted by Gasteiger charge is -2.24. The van der Waals surface area contributed by atoms with Gasteiger partial charge in [0, 0.05) is 35.8 Å². The molecule has 4 aromatic heterocycles. The number of imidazole rings is 2. The summed E-state index contributed by atoms with van der Waals surface area (Å²) in [5, 5.41) is 13.4. The van der Waals surface area contributed by atoms with Crippen LogP contribution in [0.15, 0.2) is 162 Å². The summed E-state index contributed by atoms with van der Waals surface area (Å²) in [5.41, 5.74) is 8.28. The second-order valence-corrected chi connectivity index (χ2v) is 26.4. The zero-order valence-electron chi connectivity index (χ0n) is 54.4. The molecule has 0 spiro atoms. The third-order valence-electron chi connectivity index (χ3n) is 15.2. The van der Waals surface area contributed by atoms with Gasteiger partial charge in [-0.15, -0.1) is 0 Å². The number of nitrogens with one attached hydrogen (secondary N) is 7. The van der Waals surface area contributed by atoms with Gasteiger partial charge in [-0.25, -0.2) is 56.3 Å². The zero-order valence-corrected chi connectivity index (χ0v) is 56.0. The summed E-state index contributed by atoms with van der Waals surface area (Å²) in [6, 6.07) is 32.9. The molecule has 9 N–H and O–H groups in total. The van der Waals surface area contributed by atoms with Crippen LogP contribution in [0.2, 0.25) is 0 Å². The number of para-hydroxylation sites is 1. The molecule has 0 radical (unpaired) electrons. The summed E-state index contributed by atoms with van der Waals surface area (Å²) in [7, 11) is -4.53. The fraction of sp³-hybridized carbons (Fsp3) is 0.312. The second kappa shape index (κ2) is 29.2. The summed E-state index contributed by atoms with van der Waals surface area (Å²) < 4.78 is 110. The third kappa shape index (κ3) is 16.0. The SMILES string of the molecule is CCNC(=O)[C@H]1O[C@@H](n2cnc3c(NC(=O)Nc4cccc(S(=O)(=O)Nc5ccc(OC)cc5)c4)ncnc32)[C@@H]2OC(C)(C)O[C@@H]21.CCNC(=O)[C@H]1O[C@@H](n2cnc3c(NC(=O)Oc4ccccc4)ncnc32)[C@@H]2OC(C)(C)O[C@@H]21.COc1ccc(NS(=O)(=O)c2cccc(N)c2)cc1. The molecule has 9 aromatic rings. The average molecular weight is 1400 g/mol. The van der Waals surface area contributed by atoms with Gasteiger partial charge in [-0.1, -0.05) is 30.3 Å². The third-order valence-corrected chi connectivity index (χ3v) is 18.0. The molecule has 35 heteroatoms. The van der Waals surface area contributed by atoms with Crippen LogP contribution in [0.5, 0.6) is 17.2 Å². The van der Waals surface area contributed by atoms with E-state index in [0.29, 0.717) is 64.2 Å². The molecular formula is C64H70N16O17S2. The van der Waals surface area contributed by atoms with Gasteiger partial charge >= 0.3 is 12.1 Å². The van der Waals surface area contributed by atoms with E-state index in [2.05, 4.69) is 65.9 Å². The van der Waals surface area contributed by atoms with Crippen LogP contribution >= 0.6 is 0 Å². The van der Waals surface area contributed by atoms with E-state index in [1.165, 1.54) is 62.8 Å². The molecule has 4 saturated heterocycles. The zero-order chi connectivity index (χ0) is 70.4. The topological polar surface area (TPSA) is 417 Å². The number of benzene rings is 5. The number of nitrogens with zero attached hydrogens (tertiary/aromatic N) is 8. The number of hydrogen-bond acceptors (Lipinski definition) is 24. The molecule has 4 fully saturated rings. The number of nitrogens with two attached hydrogens (primary N) is 1. The lowest BCUT2D eigenvalue weighted by molar-refractivity contribution is -0.198. The van der Waals surface area contributed by atoms with Gasteiger partial charge in [0.25, 0.3) is 31.9 Å². The predicted octanol–water partition coefficient (Wildman–Crippen LogP) is 6.90. The number of sulfonamides is 2. The van der Waals surface area contributed by atoms with Crippen LogP contribution in [-0.4, -0.2) is 155 Å².